The molecule has 0 saturated carbocycles. The number of rotatable bonds is 19. The van der Waals surface area contributed by atoms with E-state index in [1.807, 2.05) is 190 Å². The zero-order chi connectivity index (χ0) is 55.1. The Labute approximate surface area is 445 Å². The van der Waals surface area contributed by atoms with Crippen LogP contribution in [0.15, 0.2) is 142 Å². The van der Waals surface area contributed by atoms with Crippen molar-refractivity contribution < 1.29 is 28.7 Å². The Balaban J connectivity index is 0.000000282. The minimum Gasteiger partial charge on any atom is -0.444 e. The van der Waals surface area contributed by atoms with Gasteiger partial charge in [0.2, 0.25) is 0 Å². The second-order valence-electron chi connectivity index (χ2n) is 21.4. The highest BCUT2D eigenvalue weighted by Gasteiger charge is 2.42. The normalized spacial score (nSPS) is 14.3. The minimum atomic E-state index is -0.599. The maximum Gasteiger partial charge on any atom is 0.407 e. The first-order valence-corrected chi connectivity index (χ1v) is 26.2. The lowest BCUT2D eigenvalue weighted by atomic mass is 9.98. The number of hydrogen-bond acceptors (Lipinski definition) is 9. The quantitative estimate of drug-likeness (QED) is 0.0695. The number of carbonyl (C=O) groups is 5. The molecule has 2 heterocycles. The molecule has 2 unspecified atom stereocenters. The second kappa shape index (κ2) is 26.9. The molecule has 2 aliphatic rings. The van der Waals surface area contributed by atoms with Gasteiger partial charge in [-0.25, -0.2) is 14.8 Å². The van der Waals surface area contributed by atoms with Gasteiger partial charge in [-0.05, 0) is 140 Å². The summed E-state index contributed by atoms with van der Waals surface area (Å²) >= 11 is 0. The topological polar surface area (TPSA) is 170 Å². The minimum absolute atomic E-state index is 0.0357. The van der Waals surface area contributed by atoms with Crippen LogP contribution in [0.2, 0.25) is 0 Å². The Bertz CT molecular complexity index is 2730. The van der Waals surface area contributed by atoms with Gasteiger partial charge in [0.25, 0.3) is 23.6 Å². The summed E-state index contributed by atoms with van der Waals surface area (Å²) in [7, 11) is 0. The van der Waals surface area contributed by atoms with Gasteiger partial charge in [-0.3, -0.25) is 29.0 Å². The Morgan fingerprint density at radius 3 is 1.31 bits per heavy atom. The van der Waals surface area contributed by atoms with Gasteiger partial charge in [0.15, 0.2) is 0 Å². The number of nitrogens with zero attached hydrogens (tertiary/aromatic N) is 6. The predicted molar refractivity (Wildman–Crippen MR) is 300 cm³/mol. The largest absolute Gasteiger partial charge is 0.444 e. The van der Waals surface area contributed by atoms with Crippen LogP contribution in [-0.4, -0.2) is 105 Å². The first-order chi connectivity index (χ1) is 35.5. The fraction of sp³-hybridized carbons (Fsp3) is 0.426. The molecule has 0 aromatic heterocycles. The molecule has 6 rings (SSSR count). The van der Waals surface area contributed by atoms with Gasteiger partial charge in [-0.2, -0.15) is 0 Å². The number of allylic oxidation sites excluding steroid dienone is 2. The van der Waals surface area contributed by atoms with E-state index >= 15 is 0 Å². The van der Waals surface area contributed by atoms with Crippen LogP contribution < -0.4 is 11.1 Å². The van der Waals surface area contributed by atoms with Gasteiger partial charge in [-0.15, -0.1) is 0 Å². The van der Waals surface area contributed by atoms with Crippen LogP contribution in [0.25, 0.3) is 0 Å². The number of aryl methyl sites for hydroxylation is 2. The van der Waals surface area contributed by atoms with E-state index in [1.165, 1.54) is 0 Å². The van der Waals surface area contributed by atoms with E-state index in [0.717, 1.165) is 33.4 Å². The molecular weight excluding hydrogens is 941 g/mol. The summed E-state index contributed by atoms with van der Waals surface area (Å²) in [5, 5.41) is 2.79. The average Bonchev–Trinajstić information content (AvgIpc) is 3.85. The summed E-state index contributed by atoms with van der Waals surface area (Å²) in [6.45, 7) is 27.6. The Hall–Kier alpha value is -7.19. The molecule has 0 bridgehead atoms. The number of amides is 5. The fourth-order valence-corrected chi connectivity index (χ4v) is 8.92. The molecular formula is C61H80N8O6. The lowest BCUT2D eigenvalue weighted by Crippen LogP contribution is -2.53. The molecule has 2 aliphatic heterocycles. The van der Waals surface area contributed by atoms with E-state index < -0.39 is 17.7 Å². The van der Waals surface area contributed by atoms with Crippen LogP contribution >= 0.6 is 0 Å². The number of carbonyl (C=O) groups excluding carboxylic acids is 5. The van der Waals surface area contributed by atoms with E-state index in [2.05, 4.69) is 19.2 Å². The number of ether oxygens (including phenoxy) is 1. The molecule has 0 radical (unpaired) electrons. The summed E-state index contributed by atoms with van der Waals surface area (Å²) in [4.78, 5) is 83.9. The Morgan fingerprint density at radius 2 is 0.973 bits per heavy atom. The molecule has 3 N–H and O–H groups in total. The molecule has 4 aromatic rings. The fourth-order valence-electron chi connectivity index (χ4n) is 8.92. The molecule has 0 spiro atoms. The van der Waals surface area contributed by atoms with E-state index in [9.17, 15) is 24.0 Å². The third-order valence-corrected chi connectivity index (χ3v) is 12.6. The van der Waals surface area contributed by atoms with Crippen molar-refractivity contribution in [1.29, 1.82) is 0 Å². The van der Waals surface area contributed by atoms with Crippen LogP contribution in [-0.2, 0) is 27.4 Å². The number of nitrogens with one attached hydrogen (secondary N) is 1. The molecule has 400 valence electrons. The molecule has 75 heavy (non-hydrogen) atoms. The Kier molecular flexibility index (Phi) is 21.0. The lowest BCUT2D eigenvalue weighted by Gasteiger charge is -2.37. The van der Waals surface area contributed by atoms with Crippen molar-refractivity contribution in [3.05, 3.63) is 165 Å². The van der Waals surface area contributed by atoms with Gasteiger partial charge in [0.05, 0.1) is 25.2 Å². The van der Waals surface area contributed by atoms with Gasteiger partial charge < -0.3 is 25.6 Å². The standard InChI is InChI=1S/C33H44N4O4.C28H36N4O2/c1-22(2)27-31(39)37(21-25-13-10-9-11-14-25)29(35-27)28(23(3)4)36(30(38)26-17-15-24(5)16-18-26)20-12-19-34-32(40)41-33(6,7)8;1-19(2)24-28(34)32(18-22-10-7-6-8-11-22)26(30-24)25(20(3)4)31(17-9-16-29)27(33)23-14-12-21(5)13-15-23/h9-11,13-18,23,28H,12,19-21H2,1-8H3,(H,34,40);6-8,10-15,20,25H,9,16-18,29H2,1-5H3. The summed E-state index contributed by atoms with van der Waals surface area (Å²) < 4.78 is 5.36. The van der Waals surface area contributed by atoms with E-state index in [-0.39, 0.29) is 41.5 Å². The number of benzene rings is 4. The van der Waals surface area contributed by atoms with Crippen LogP contribution in [0.4, 0.5) is 4.79 Å². The first-order valence-electron chi connectivity index (χ1n) is 26.2. The molecule has 0 saturated heterocycles. The summed E-state index contributed by atoms with van der Waals surface area (Å²) in [5.41, 5.74) is 13.1. The van der Waals surface area contributed by atoms with Gasteiger partial charge in [0, 0.05) is 30.8 Å². The van der Waals surface area contributed by atoms with Crippen molar-refractivity contribution >= 4 is 41.4 Å². The highest BCUT2D eigenvalue weighted by molar-refractivity contribution is 6.16. The highest BCUT2D eigenvalue weighted by Crippen LogP contribution is 2.30. The molecule has 5 amide bonds. The van der Waals surface area contributed by atoms with Crippen molar-refractivity contribution in [2.75, 3.05) is 26.2 Å². The van der Waals surface area contributed by atoms with Gasteiger partial charge in [0.1, 0.15) is 28.7 Å². The van der Waals surface area contributed by atoms with E-state index in [0.29, 0.717) is 86.3 Å². The maximum atomic E-state index is 14.1. The van der Waals surface area contributed by atoms with E-state index in [1.54, 1.807) is 14.7 Å². The average molecular weight is 1020 g/mol. The first kappa shape index (κ1) is 58.7. The summed E-state index contributed by atoms with van der Waals surface area (Å²) in [6.07, 6.45) is 0.661. The molecule has 2 atom stereocenters. The van der Waals surface area contributed by atoms with Crippen molar-refractivity contribution in [2.45, 2.75) is 134 Å². The lowest BCUT2D eigenvalue weighted by molar-refractivity contribution is -0.124. The van der Waals surface area contributed by atoms with Crippen molar-refractivity contribution in [3.63, 3.8) is 0 Å². The SMILES string of the molecule is CC(C)=C1N=C(C(C(C)C)N(CCCN)C(=O)c2ccc(C)cc2)N(Cc2ccccc2)C1=O.CC(C)=C1N=C(C(C(C)C)N(CCCNC(=O)OC(C)(C)C)C(=O)c2ccc(C)cc2)N(Cc2ccccc2)C1=O. The number of hydrogen-bond donors (Lipinski definition) is 2. The van der Waals surface area contributed by atoms with Gasteiger partial charge in [-0.1, -0.05) is 124 Å². The van der Waals surface area contributed by atoms with E-state index in [4.69, 9.17) is 20.5 Å². The van der Waals surface area contributed by atoms with Crippen LogP contribution in [0.1, 0.15) is 132 Å². The summed E-state index contributed by atoms with van der Waals surface area (Å²) in [6, 6.07) is 33.9. The molecule has 14 nitrogen and oxygen atoms in total. The molecule has 0 aliphatic carbocycles. The monoisotopic (exact) mass is 1020 g/mol. The molecule has 0 fully saturated rings. The number of aliphatic imine (C=N–C) groups is 2. The van der Waals surface area contributed by atoms with Crippen molar-refractivity contribution in [2.24, 2.45) is 27.6 Å². The van der Waals surface area contributed by atoms with Gasteiger partial charge >= 0.3 is 6.09 Å². The van der Waals surface area contributed by atoms with Crippen molar-refractivity contribution in [1.82, 2.24) is 24.9 Å². The third-order valence-electron chi connectivity index (χ3n) is 12.6. The zero-order valence-corrected chi connectivity index (χ0v) is 46.6. The predicted octanol–water partition coefficient (Wildman–Crippen LogP) is 10.7. The smallest absolute Gasteiger partial charge is 0.407 e. The van der Waals surface area contributed by atoms with Crippen LogP contribution in [0, 0.1) is 25.7 Å². The number of alkyl carbamates (subject to hydrolysis) is 1. The second-order valence-corrected chi connectivity index (χ2v) is 21.4. The highest BCUT2D eigenvalue weighted by atomic mass is 16.6. The maximum absolute atomic E-state index is 14.1. The van der Waals surface area contributed by atoms with Crippen LogP contribution in [0.3, 0.4) is 0 Å². The number of nitrogens with two attached hydrogens (primary N) is 1. The molecule has 4 aromatic carbocycles. The number of amidine groups is 2. The molecule has 14 heteroatoms. The third kappa shape index (κ3) is 15.9. The summed E-state index contributed by atoms with van der Waals surface area (Å²) in [5.74, 6) is 0.658. The van der Waals surface area contributed by atoms with Crippen LogP contribution in [0.5, 0.6) is 0 Å². The van der Waals surface area contributed by atoms with Crippen molar-refractivity contribution in [3.8, 4) is 0 Å². The Morgan fingerprint density at radius 1 is 0.600 bits per heavy atom. The zero-order valence-electron chi connectivity index (χ0n) is 46.6.